The fraction of sp³-hybridized carbons (Fsp3) is 0.253. The maximum atomic E-state index is 13.4. The second-order valence-electron chi connectivity index (χ2n) is 28.1. The first-order chi connectivity index (χ1) is 58.2. The Morgan fingerprint density at radius 1 is 0.413 bits per heavy atom. The van der Waals surface area contributed by atoms with Gasteiger partial charge in [0.1, 0.15) is 33.4 Å². The van der Waals surface area contributed by atoms with Gasteiger partial charge in [0.2, 0.25) is 0 Å². The second-order valence-corrected chi connectivity index (χ2v) is 29.6. The summed E-state index contributed by atoms with van der Waals surface area (Å²) in [6.07, 6.45) is 2.96. The van der Waals surface area contributed by atoms with E-state index in [4.69, 9.17) is 13.3 Å². The Kier molecular flexibility index (Phi) is 23.9. The number of aryl methyl sites for hydroxylation is 3. The largest absolute Gasteiger partial charge is 0.459 e. The molecule has 0 aliphatic carbocycles. The van der Waals surface area contributed by atoms with Crippen LogP contribution in [0.2, 0.25) is 0 Å². The van der Waals surface area contributed by atoms with Crippen molar-refractivity contribution in [2.75, 3.05) is 124 Å². The fourth-order valence-electron chi connectivity index (χ4n) is 15.3. The number of halogens is 1. The van der Waals surface area contributed by atoms with Gasteiger partial charge in [-0.25, -0.2) is 0 Å². The molecular weight excluding hydrogens is 1660 g/mol. The highest BCUT2D eigenvalue weighted by molar-refractivity contribution is 9.10. The number of furan rings is 3. The molecule has 0 bridgehead atoms. The van der Waals surface area contributed by atoms with Crippen LogP contribution >= 0.6 is 27.3 Å². The SMILES string of the molecule is Cn1c(=O)c([N+](=O)[O-])c(N2CCN(C(=O)c3ccc(Br)o3)CC2)c2ccccc21.Cn1c(=O)c([N+](=O)[O-])c(N2CCN(C(=O)c3ccc([N+](=O)[O-])o3)CC2)c2ccccc21.Cn1c(=O)c([N+](=O)[O-])c(N2CCN(C(=O)c3ccn[nH]3)CC2)c2ccccc21.O=C(c1ccco1)N1CCN(c2c([N+](=O)[O-])c(=O)n(Cc3ccsc3)c3ccccc23)CC1. The number of nitro groups is 5. The molecule has 622 valence electrons. The van der Waals surface area contributed by atoms with Crippen molar-refractivity contribution in [2.24, 2.45) is 21.1 Å². The molecule has 9 aromatic heterocycles. The van der Waals surface area contributed by atoms with E-state index in [-0.39, 0.29) is 73.4 Å². The Balaban J connectivity index is 0.000000132. The highest BCUT2D eigenvalue weighted by atomic mass is 79.9. The smallest absolute Gasteiger partial charge is 0.433 e. The number of nitrogens with one attached hydrogen (secondary N) is 1. The lowest BCUT2D eigenvalue weighted by Crippen LogP contribution is -2.49. The predicted octanol–water partition coefficient (Wildman–Crippen LogP) is 9.38. The predicted molar refractivity (Wildman–Crippen MR) is 447 cm³/mol. The van der Waals surface area contributed by atoms with Crippen molar-refractivity contribution in [1.82, 2.24) is 48.1 Å². The number of H-pyrrole nitrogens is 1. The van der Waals surface area contributed by atoms with Gasteiger partial charge in [0.15, 0.2) is 22.0 Å². The summed E-state index contributed by atoms with van der Waals surface area (Å²) in [5.74, 6) is -1.30. The van der Waals surface area contributed by atoms with Crippen LogP contribution in [0.5, 0.6) is 0 Å². The number of carbonyl (C=O) groups is 4. The maximum absolute atomic E-state index is 13.4. The number of fused-ring (bicyclic) bond motifs is 4. The number of benzene rings is 4. The Morgan fingerprint density at radius 2 is 0.777 bits per heavy atom. The number of aromatic nitrogens is 6. The van der Waals surface area contributed by atoms with Gasteiger partial charge in [-0.3, -0.25) is 98.6 Å². The highest BCUT2D eigenvalue weighted by Crippen LogP contribution is 2.39. The normalized spacial score (nSPS) is 14.2. The molecule has 4 aliphatic heterocycles. The molecule has 13 heterocycles. The summed E-state index contributed by atoms with van der Waals surface area (Å²) in [7, 11) is 4.54. The summed E-state index contributed by atoms with van der Waals surface area (Å²) >= 11 is 4.69. The van der Waals surface area contributed by atoms with Crippen LogP contribution in [0.25, 0.3) is 43.6 Å². The lowest BCUT2D eigenvalue weighted by Gasteiger charge is -2.36. The van der Waals surface area contributed by atoms with Gasteiger partial charge >= 0.3 is 50.9 Å². The minimum absolute atomic E-state index is 0.148. The molecule has 4 amide bonds. The lowest BCUT2D eigenvalue weighted by molar-refractivity contribution is -0.402. The van der Waals surface area contributed by atoms with Crippen molar-refractivity contribution < 1.29 is 57.0 Å². The van der Waals surface area contributed by atoms with Crippen LogP contribution in [-0.2, 0) is 27.7 Å². The van der Waals surface area contributed by atoms with Crippen molar-refractivity contribution in [1.29, 1.82) is 0 Å². The first-order valence-electron chi connectivity index (χ1n) is 37.5. The van der Waals surface area contributed by atoms with E-state index >= 15 is 0 Å². The number of piperazine rings is 4. The van der Waals surface area contributed by atoms with E-state index in [1.807, 2.05) is 55.8 Å². The third-order valence-electron chi connectivity index (χ3n) is 21.3. The zero-order valence-corrected chi connectivity index (χ0v) is 67.0. The van der Waals surface area contributed by atoms with E-state index in [9.17, 15) is 88.9 Å². The maximum Gasteiger partial charge on any atom is 0.433 e. The standard InChI is InChI=1S/C23H20N4O5S.C19H17BrN4O5.C19H17N5O7.C18H18N6O4/c28-22(19-6-3-12-32-19)25-10-8-24(9-11-25)20-17-4-1-2-5-18(17)26(14-16-7-13-33-15-16)23(29)21(20)27(30)31;1-21-13-5-3-2-4-12(13)16(17(19(21)26)24(27)28)22-8-10-23(11-9-22)18(25)14-6-7-15(20)29-14;1-20-13-5-3-2-4-12(13)16(17(19(20)26)24(29)30)21-8-10-22(11-9-21)18(25)14-6-7-15(31-14)23(27)28;1-21-14-5-3-2-4-12(14)15(16(18(21)26)24(27)28)22-8-10-23(11-9-22)17(25)13-6-7-19-20-13/h1-7,12-13,15H,8-11,14H2;2-7H,8-11H2,1H3;2-7H,8-11H2,1H3;2-7H,8-11H2,1H3,(H,19,20). The third-order valence-corrected chi connectivity index (χ3v) is 22.4. The number of pyridine rings is 4. The Bertz CT molecular complexity index is 6490. The van der Waals surface area contributed by atoms with E-state index in [0.29, 0.717) is 150 Å². The van der Waals surface area contributed by atoms with E-state index in [1.54, 1.807) is 123 Å². The zero-order chi connectivity index (χ0) is 85.8. The van der Waals surface area contributed by atoms with Gasteiger partial charge in [-0.05, 0) is 99.0 Å². The molecule has 0 spiro atoms. The Hall–Kier alpha value is -15.0. The molecule has 40 nitrogen and oxygen atoms in total. The van der Waals surface area contributed by atoms with Crippen LogP contribution in [0, 0.1) is 50.6 Å². The third kappa shape index (κ3) is 16.5. The molecule has 4 fully saturated rings. The molecule has 17 rings (SSSR count). The molecule has 42 heteroatoms. The van der Waals surface area contributed by atoms with E-state index < -0.39 is 81.4 Å². The summed E-state index contributed by atoms with van der Waals surface area (Å²) in [6, 6.07) is 40.8. The number of nitrogens with zero attached hydrogens (tertiary/aromatic N) is 18. The molecular formula is C79H72BrN19O21S. The number of hydrogen-bond donors (Lipinski definition) is 1. The molecule has 1 N–H and O–H groups in total. The topological polar surface area (TPSA) is 466 Å². The fourth-order valence-corrected chi connectivity index (χ4v) is 16.3. The van der Waals surface area contributed by atoms with Crippen LogP contribution < -0.4 is 41.8 Å². The summed E-state index contributed by atoms with van der Waals surface area (Å²) in [5.41, 5.74) is 0.478. The quantitative estimate of drug-likeness (QED) is 0.0737. The Morgan fingerprint density at radius 3 is 1.12 bits per heavy atom. The van der Waals surface area contributed by atoms with Crippen LogP contribution in [0.15, 0.2) is 206 Å². The average molecular weight is 1740 g/mol. The summed E-state index contributed by atoms with van der Waals surface area (Å²) in [4.78, 5) is 170. The van der Waals surface area contributed by atoms with E-state index in [2.05, 4.69) is 26.1 Å². The molecule has 0 atom stereocenters. The number of thiophene rings is 1. The zero-order valence-electron chi connectivity index (χ0n) is 64.6. The van der Waals surface area contributed by atoms with Crippen LogP contribution in [-0.4, -0.2) is 201 Å². The number of anilines is 4. The first-order valence-corrected chi connectivity index (χ1v) is 39.2. The summed E-state index contributed by atoms with van der Waals surface area (Å²) < 4.78 is 21.3. The number of amides is 4. The number of aromatic amines is 1. The van der Waals surface area contributed by atoms with Crippen LogP contribution in [0.1, 0.15) is 47.7 Å². The number of rotatable bonds is 15. The lowest BCUT2D eigenvalue weighted by atomic mass is 10.1. The monoisotopic (exact) mass is 1730 g/mol. The summed E-state index contributed by atoms with van der Waals surface area (Å²) in [6.45, 7) is 5.61. The van der Waals surface area contributed by atoms with Crippen molar-refractivity contribution in [2.45, 2.75) is 6.54 Å². The minimum Gasteiger partial charge on any atom is -0.459 e. The van der Waals surface area contributed by atoms with Crippen molar-refractivity contribution >= 4 is 146 Å². The van der Waals surface area contributed by atoms with Crippen LogP contribution in [0.4, 0.5) is 51.4 Å². The van der Waals surface area contributed by atoms with Gasteiger partial charge in [-0.15, -0.1) is 0 Å². The van der Waals surface area contributed by atoms with Gasteiger partial charge in [0.05, 0.1) is 60.6 Å². The Labute approximate surface area is 693 Å². The molecule has 0 unspecified atom stereocenters. The second kappa shape index (κ2) is 35.1. The van der Waals surface area contributed by atoms with E-state index in [0.717, 1.165) is 11.6 Å². The minimum atomic E-state index is -0.727. The van der Waals surface area contributed by atoms with Gasteiger partial charge in [-0.1, -0.05) is 72.8 Å². The molecule has 0 radical (unpaired) electrons. The van der Waals surface area contributed by atoms with Gasteiger partial charge in [0.25, 0.3) is 23.6 Å². The molecule has 13 aromatic rings. The van der Waals surface area contributed by atoms with Gasteiger partial charge in [0, 0.05) is 154 Å². The van der Waals surface area contributed by atoms with Gasteiger partial charge in [-0.2, -0.15) is 16.4 Å². The molecule has 121 heavy (non-hydrogen) atoms. The first kappa shape index (κ1) is 82.6. The van der Waals surface area contributed by atoms with E-state index in [1.165, 1.54) is 74.2 Å². The molecule has 4 aliphatic rings. The average Bonchev–Trinajstić information content (AvgIpc) is 1.14. The number of hydrogen-bond acceptors (Lipinski definition) is 27. The van der Waals surface area contributed by atoms with Crippen molar-refractivity contribution in [3.05, 3.63) is 294 Å². The molecule has 0 saturated carbocycles. The van der Waals surface area contributed by atoms with Crippen molar-refractivity contribution in [3.8, 4) is 0 Å². The highest BCUT2D eigenvalue weighted by Gasteiger charge is 2.38. The summed E-state index contributed by atoms with van der Waals surface area (Å²) in [5, 5.41) is 70.8. The number of carbonyl (C=O) groups excluding carboxylic acids is 4. The van der Waals surface area contributed by atoms with Crippen LogP contribution in [0.3, 0.4) is 0 Å². The van der Waals surface area contributed by atoms with Gasteiger partial charge < -0.3 is 66.2 Å². The molecule has 4 aromatic carbocycles. The van der Waals surface area contributed by atoms with Crippen molar-refractivity contribution in [3.63, 3.8) is 0 Å². The molecule has 4 saturated heterocycles. The number of para-hydroxylation sites is 4.